The third kappa shape index (κ3) is 3.67. The first kappa shape index (κ1) is 20.1. The second-order valence-electron chi connectivity index (χ2n) is 7.16. The van der Waals surface area contributed by atoms with E-state index in [0.717, 1.165) is 15.6 Å². The molecule has 1 atom stereocenters. The number of hydrogen-bond acceptors (Lipinski definition) is 4. The summed E-state index contributed by atoms with van der Waals surface area (Å²) in [6.07, 6.45) is 2.34. The van der Waals surface area contributed by atoms with E-state index < -0.39 is 21.6 Å². The highest BCUT2D eigenvalue weighted by atomic mass is 32.2. The van der Waals surface area contributed by atoms with Gasteiger partial charge < -0.3 is 9.90 Å². The summed E-state index contributed by atoms with van der Waals surface area (Å²) in [6.45, 7) is 5.23. The Bertz CT molecular complexity index is 1150. The zero-order chi connectivity index (χ0) is 20.6. The standard InChI is InChI=1S/C21H22FNO4S/c1-13-4-8-16(9-5-13)28(26,27)23-12-18(14(2)6-7-15(3)24)17-10-21(25)19(22)11-20(17)23/h4-5,8-12,14,25H,6-7H2,1-3H3/t14-/m0/s1. The highest BCUT2D eigenvalue weighted by Gasteiger charge is 2.24. The van der Waals surface area contributed by atoms with E-state index >= 15 is 0 Å². The largest absolute Gasteiger partial charge is 0.505 e. The van der Waals surface area contributed by atoms with Crippen molar-refractivity contribution in [3.8, 4) is 5.75 Å². The predicted molar refractivity (Wildman–Crippen MR) is 106 cm³/mol. The molecule has 2 aromatic carbocycles. The van der Waals surface area contributed by atoms with Crippen LogP contribution in [0.5, 0.6) is 5.75 Å². The van der Waals surface area contributed by atoms with Gasteiger partial charge >= 0.3 is 0 Å². The Morgan fingerprint density at radius 1 is 1.21 bits per heavy atom. The van der Waals surface area contributed by atoms with Gasteiger partial charge in [-0.05, 0) is 49.9 Å². The van der Waals surface area contributed by atoms with E-state index in [2.05, 4.69) is 0 Å². The maximum atomic E-state index is 14.0. The monoisotopic (exact) mass is 403 g/mol. The van der Waals surface area contributed by atoms with E-state index in [1.807, 2.05) is 13.8 Å². The van der Waals surface area contributed by atoms with Crippen LogP contribution in [0.4, 0.5) is 4.39 Å². The van der Waals surface area contributed by atoms with E-state index in [9.17, 15) is 22.7 Å². The number of rotatable bonds is 6. The molecule has 0 unspecified atom stereocenters. The fourth-order valence-electron chi connectivity index (χ4n) is 3.22. The van der Waals surface area contributed by atoms with Gasteiger partial charge in [-0.1, -0.05) is 24.6 Å². The Labute approximate surface area is 163 Å². The molecule has 5 nitrogen and oxygen atoms in total. The topological polar surface area (TPSA) is 76.4 Å². The Morgan fingerprint density at radius 2 is 1.86 bits per heavy atom. The zero-order valence-corrected chi connectivity index (χ0v) is 16.8. The van der Waals surface area contributed by atoms with E-state index in [1.54, 1.807) is 12.1 Å². The number of carbonyl (C=O) groups excluding carboxylic acids is 1. The van der Waals surface area contributed by atoms with E-state index in [0.29, 0.717) is 23.8 Å². The fourth-order valence-corrected chi connectivity index (χ4v) is 4.59. The number of Topliss-reactive ketones (excluding diaryl/α,β-unsaturated/α-hetero) is 1. The second kappa shape index (κ2) is 7.39. The quantitative estimate of drug-likeness (QED) is 0.657. The number of ketones is 1. The van der Waals surface area contributed by atoms with Crippen molar-refractivity contribution in [3.63, 3.8) is 0 Å². The number of aromatic nitrogens is 1. The summed E-state index contributed by atoms with van der Waals surface area (Å²) in [5.74, 6) is -1.55. The highest BCUT2D eigenvalue weighted by molar-refractivity contribution is 7.90. The van der Waals surface area contributed by atoms with Gasteiger partial charge in [-0.2, -0.15) is 0 Å². The first-order valence-corrected chi connectivity index (χ1v) is 10.4. The summed E-state index contributed by atoms with van der Waals surface area (Å²) < 4.78 is 41.4. The number of phenols is 1. The average Bonchev–Trinajstić information content (AvgIpc) is 2.99. The Hall–Kier alpha value is -2.67. The van der Waals surface area contributed by atoms with Crippen LogP contribution in [0.2, 0.25) is 0 Å². The number of halogens is 1. The Morgan fingerprint density at radius 3 is 2.46 bits per heavy atom. The zero-order valence-electron chi connectivity index (χ0n) is 15.9. The first-order chi connectivity index (χ1) is 13.1. The summed E-state index contributed by atoms with van der Waals surface area (Å²) in [5, 5.41) is 10.3. The van der Waals surface area contributed by atoms with Crippen molar-refractivity contribution in [3.05, 3.63) is 59.5 Å². The Kier molecular flexibility index (Phi) is 5.30. The van der Waals surface area contributed by atoms with Crippen molar-refractivity contribution < 1.29 is 22.7 Å². The number of aromatic hydroxyl groups is 1. The summed E-state index contributed by atoms with van der Waals surface area (Å²) >= 11 is 0. The first-order valence-electron chi connectivity index (χ1n) is 8.96. The maximum absolute atomic E-state index is 14.0. The molecule has 0 aliphatic rings. The molecule has 0 radical (unpaired) electrons. The lowest BCUT2D eigenvalue weighted by atomic mass is 9.95. The molecule has 1 aromatic heterocycles. The van der Waals surface area contributed by atoms with Gasteiger partial charge in [0.1, 0.15) is 5.78 Å². The molecule has 3 rings (SSSR count). The van der Waals surface area contributed by atoms with Crippen molar-refractivity contribution in [2.24, 2.45) is 0 Å². The SMILES string of the molecule is CC(=O)CC[C@H](C)c1cn(S(=O)(=O)c2ccc(C)cc2)c2cc(F)c(O)cc12. The molecule has 0 fully saturated rings. The minimum Gasteiger partial charge on any atom is -0.505 e. The summed E-state index contributed by atoms with van der Waals surface area (Å²) in [5.41, 5.74) is 1.72. The number of fused-ring (bicyclic) bond motifs is 1. The molecule has 0 bridgehead atoms. The van der Waals surface area contributed by atoms with Crippen molar-refractivity contribution in [1.82, 2.24) is 3.97 Å². The molecule has 1 N–H and O–H groups in total. The molecule has 0 aliphatic heterocycles. The van der Waals surface area contributed by atoms with Gasteiger partial charge in [0.25, 0.3) is 10.0 Å². The van der Waals surface area contributed by atoms with Crippen molar-refractivity contribution in [2.75, 3.05) is 0 Å². The number of phenolic OH excluding ortho intramolecular Hbond substituents is 1. The van der Waals surface area contributed by atoms with Crippen LogP contribution in [0.3, 0.4) is 0 Å². The van der Waals surface area contributed by atoms with E-state index in [4.69, 9.17) is 0 Å². The van der Waals surface area contributed by atoms with Gasteiger partial charge in [-0.15, -0.1) is 0 Å². The molecule has 28 heavy (non-hydrogen) atoms. The minimum atomic E-state index is -3.95. The smallest absolute Gasteiger partial charge is 0.268 e. The molecule has 0 saturated heterocycles. The second-order valence-corrected chi connectivity index (χ2v) is 8.98. The lowest BCUT2D eigenvalue weighted by Gasteiger charge is -2.09. The van der Waals surface area contributed by atoms with Gasteiger partial charge in [-0.25, -0.2) is 16.8 Å². The third-order valence-corrected chi connectivity index (χ3v) is 6.60. The maximum Gasteiger partial charge on any atom is 0.268 e. The molecule has 7 heteroatoms. The molecule has 0 saturated carbocycles. The van der Waals surface area contributed by atoms with Crippen LogP contribution in [0.15, 0.2) is 47.5 Å². The molecule has 0 aliphatic carbocycles. The molecular formula is C21H22FNO4S. The molecule has 148 valence electrons. The predicted octanol–water partition coefficient (Wildman–Crippen LogP) is 4.50. The number of carbonyl (C=O) groups is 1. The third-order valence-electron chi connectivity index (χ3n) is 4.91. The molecular weight excluding hydrogens is 381 g/mol. The summed E-state index contributed by atoms with van der Waals surface area (Å²) in [6, 6.07) is 8.67. The normalized spacial score (nSPS) is 13.0. The molecule has 3 aromatic rings. The van der Waals surface area contributed by atoms with Crippen molar-refractivity contribution >= 4 is 26.7 Å². The van der Waals surface area contributed by atoms with Crippen LogP contribution < -0.4 is 0 Å². The van der Waals surface area contributed by atoms with Gasteiger partial charge in [0.2, 0.25) is 0 Å². The average molecular weight is 403 g/mol. The highest BCUT2D eigenvalue weighted by Crippen LogP contribution is 2.35. The van der Waals surface area contributed by atoms with Crippen LogP contribution in [0, 0.1) is 12.7 Å². The van der Waals surface area contributed by atoms with Crippen LogP contribution in [-0.4, -0.2) is 23.3 Å². The van der Waals surface area contributed by atoms with Gasteiger partial charge in [0, 0.05) is 24.1 Å². The van der Waals surface area contributed by atoms with Crippen LogP contribution >= 0.6 is 0 Å². The number of nitrogens with zero attached hydrogens (tertiary/aromatic N) is 1. The Balaban J connectivity index is 2.21. The van der Waals surface area contributed by atoms with E-state index in [-0.39, 0.29) is 22.1 Å². The molecule has 0 amide bonds. The van der Waals surface area contributed by atoms with Gasteiger partial charge in [0.15, 0.2) is 11.6 Å². The van der Waals surface area contributed by atoms with Gasteiger partial charge in [0.05, 0.1) is 10.4 Å². The van der Waals surface area contributed by atoms with Crippen LogP contribution in [0.1, 0.15) is 43.7 Å². The van der Waals surface area contributed by atoms with Crippen LogP contribution in [-0.2, 0) is 14.8 Å². The number of benzene rings is 2. The summed E-state index contributed by atoms with van der Waals surface area (Å²) in [4.78, 5) is 11.4. The van der Waals surface area contributed by atoms with E-state index in [1.165, 1.54) is 31.3 Å². The molecule has 0 spiro atoms. The lowest BCUT2D eigenvalue weighted by Crippen LogP contribution is -2.12. The fraction of sp³-hybridized carbons (Fsp3) is 0.286. The van der Waals surface area contributed by atoms with Crippen LogP contribution in [0.25, 0.3) is 10.9 Å². The molecule has 1 heterocycles. The van der Waals surface area contributed by atoms with Crippen molar-refractivity contribution in [2.45, 2.75) is 44.4 Å². The van der Waals surface area contributed by atoms with Crippen molar-refractivity contribution in [1.29, 1.82) is 0 Å². The van der Waals surface area contributed by atoms with Gasteiger partial charge in [-0.3, -0.25) is 0 Å². The lowest BCUT2D eigenvalue weighted by molar-refractivity contribution is -0.117. The number of hydrogen-bond donors (Lipinski definition) is 1. The number of aryl methyl sites for hydroxylation is 1. The minimum absolute atomic E-state index is 0.0387. The summed E-state index contributed by atoms with van der Waals surface area (Å²) in [7, 11) is -3.95.